The van der Waals surface area contributed by atoms with Crippen molar-refractivity contribution in [3.05, 3.63) is 76.0 Å². The van der Waals surface area contributed by atoms with Gasteiger partial charge in [0.15, 0.2) is 0 Å². The van der Waals surface area contributed by atoms with E-state index in [1.54, 1.807) is 42.5 Å². The highest BCUT2D eigenvalue weighted by Gasteiger charge is 2.26. The number of hydrogen-bond donors (Lipinski definition) is 2. The zero-order valence-corrected chi connectivity index (χ0v) is 19.6. The first-order valence-corrected chi connectivity index (χ1v) is 11.8. The Morgan fingerprint density at radius 3 is 2.42 bits per heavy atom. The fourth-order valence-electron chi connectivity index (χ4n) is 3.97. The van der Waals surface area contributed by atoms with Gasteiger partial charge in [-0.1, -0.05) is 62.1 Å². The molecule has 0 aromatic heterocycles. The Balaban J connectivity index is 1.73. The van der Waals surface area contributed by atoms with Crippen molar-refractivity contribution >= 4 is 23.5 Å². The maximum Gasteiger partial charge on any atom is 0.343 e. The summed E-state index contributed by atoms with van der Waals surface area (Å²) in [5.74, 6) is -0.425. The lowest BCUT2D eigenvalue weighted by Crippen LogP contribution is -2.27. The van der Waals surface area contributed by atoms with Gasteiger partial charge in [0.05, 0.1) is 28.8 Å². The Labute approximate surface area is 199 Å². The van der Waals surface area contributed by atoms with Crippen LogP contribution in [0.2, 0.25) is 5.02 Å². The van der Waals surface area contributed by atoms with E-state index >= 15 is 0 Å². The van der Waals surface area contributed by atoms with Crippen LogP contribution in [0.5, 0.6) is 5.75 Å². The monoisotopic (exact) mass is 470 g/mol. The van der Waals surface area contributed by atoms with Crippen LogP contribution in [-0.2, 0) is 9.53 Å². The first-order chi connectivity index (χ1) is 15.9. The lowest BCUT2D eigenvalue weighted by atomic mass is 9.90. The molecule has 2 aromatic carbocycles. The zero-order chi connectivity index (χ0) is 23.8. The summed E-state index contributed by atoms with van der Waals surface area (Å²) in [6.07, 6.45) is 6.17. The Morgan fingerprint density at radius 1 is 1.09 bits per heavy atom. The number of esters is 2. The summed E-state index contributed by atoms with van der Waals surface area (Å²) < 4.78 is 11.0. The minimum Gasteiger partial charge on any atom is -0.462 e. The van der Waals surface area contributed by atoms with Gasteiger partial charge in [-0.25, -0.2) is 9.59 Å². The van der Waals surface area contributed by atoms with Crippen LogP contribution in [0.4, 0.5) is 0 Å². The smallest absolute Gasteiger partial charge is 0.343 e. The van der Waals surface area contributed by atoms with E-state index < -0.39 is 18.0 Å². The van der Waals surface area contributed by atoms with E-state index in [0.29, 0.717) is 35.8 Å². The van der Waals surface area contributed by atoms with Gasteiger partial charge in [-0.2, -0.15) is 0 Å². The largest absolute Gasteiger partial charge is 0.462 e. The third-order valence-corrected chi connectivity index (χ3v) is 6.26. The lowest BCUT2D eigenvalue weighted by molar-refractivity contribution is -0.141. The van der Waals surface area contributed by atoms with Crippen molar-refractivity contribution in [3.63, 3.8) is 0 Å². The number of nitrogens with two attached hydrogens (primary N) is 2. The summed E-state index contributed by atoms with van der Waals surface area (Å²) >= 11 is 6.37. The third kappa shape index (κ3) is 6.59. The number of hydrogen-bond acceptors (Lipinski definition) is 6. The molecular weight excluding hydrogens is 440 g/mol. The average molecular weight is 471 g/mol. The molecule has 1 atom stereocenters. The highest BCUT2D eigenvalue weighted by molar-refractivity contribution is 6.32. The Bertz CT molecular complexity index is 1000. The van der Waals surface area contributed by atoms with Crippen LogP contribution in [0.15, 0.2) is 59.8 Å². The second kappa shape index (κ2) is 11.9. The first-order valence-electron chi connectivity index (χ1n) is 11.4. The van der Waals surface area contributed by atoms with Crippen molar-refractivity contribution in [2.75, 3.05) is 6.61 Å². The molecule has 0 saturated heterocycles. The van der Waals surface area contributed by atoms with Crippen molar-refractivity contribution in [1.82, 2.24) is 0 Å². The van der Waals surface area contributed by atoms with E-state index in [0.717, 1.165) is 12.8 Å². The van der Waals surface area contributed by atoms with E-state index in [9.17, 15) is 9.59 Å². The molecule has 6 nitrogen and oxygen atoms in total. The van der Waals surface area contributed by atoms with E-state index in [1.165, 1.54) is 19.3 Å². The van der Waals surface area contributed by atoms with Gasteiger partial charge in [-0.15, -0.1) is 0 Å². The minimum absolute atomic E-state index is 0.204. The summed E-state index contributed by atoms with van der Waals surface area (Å²) in [5, 5.41) is 0.206. The number of halogens is 1. The van der Waals surface area contributed by atoms with Gasteiger partial charge in [0.1, 0.15) is 5.75 Å². The number of allylic oxidation sites excluding steroid dienone is 1. The summed E-state index contributed by atoms with van der Waals surface area (Å²) in [4.78, 5) is 25.2. The maximum atomic E-state index is 12.9. The summed E-state index contributed by atoms with van der Waals surface area (Å²) in [7, 11) is 0. The van der Waals surface area contributed by atoms with Crippen molar-refractivity contribution < 1.29 is 19.1 Å². The molecule has 0 heterocycles. The summed E-state index contributed by atoms with van der Waals surface area (Å²) in [6.45, 7) is 2.23. The Kier molecular flexibility index (Phi) is 8.92. The van der Waals surface area contributed by atoms with Crippen LogP contribution < -0.4 is 16.2 Å². The second-order valence-electron chi connectivity index (χ2n) is 8.32. The third-order valence-electron chi connectivity index (χ3n) is 5.96. The molecule has 1 saturated carbocycles. The molecule has 0 amide bonds. The molecule has 0 radical (unpaired) electrons. The number of rotatable bonds is 8. The predicted octanol–water partition coefficient (Wildman–Crippen LogP) is 5.31. The number of carbonyl (C=O) groups excluding carboxylic acids is 2. The molecule has 0 bridgehead atoms. The molecule has 2 aromatic rings. The molecule has 1 aliphatic rings. The standard InChI is InChI=1S/C26H31ClN2O4/c1-2-21(28)23(26(31)32-16-17-9-5-3-6-10-17)24(29)19-13-14-22(20(27)15-19)33-25(30)18-11-7-4-8-12-18/h4,7-8,11-15,17,24H,2-3,5-6,9-10,16,28-29H2,1H3/b23-21+/t24-/m0/s1. The maximum absolute atomic E-state index is 12.9. The van der Waals surface area contributed by atoms with Crippen molar-refractivity contribution in [2.45, 2.75) is 51.5 Å². The van der Waals surface area contributed by atoms with Crippen LogP contribution in [0.3, 0.4) is 0 Å². The van der Waals surface area contributed by atoms with Crippen molar-refractivity contribution in [1.29, 1.82) is 0 Å². The van der Waals surface area contributed by atoms with Crippen LogP contribution in [0.25, 0.3) is 0 Å². The molecule has 7 heteroatoms. The molecule has 0 spiro atoms. The Hall–Kier alpha value is -2.83. The minimum atomic E-state index is -0.819. The van der Waals surface area contributed by atoms with Gasteiger partial charge >= 0.3 is 11.9 Å². The van der Waals surface area contributed by atoms with Gasteiger partial charge in [0.2, 0.25) is 0 Å². The Morgan fingerprint density at radius 2 is 1.79 bits per heavy atom. The first kappa shape index (κ1) is 24.8. The number of benzene rings is 2. The number of carbonyl (C=O) groups is 2. The predicted molar refractivity (Wildman–Crippen MR) is 129 cm³/mol. The molecule has 0 unspecified atom stereocenters. The second-order valence-corrected chi connectivity index (χ2v) is 8.73. The van der Waals surface area contributed by atoms with E-state index in [4.69, 9.17) is 32.5 Å². The lowest BCUT2D eigenvalue weighted by Gasteiger charge is -2.23. The fourth-order valence-corrected chi connectivity index (χ4v) is 4.19. The van der Waals surface area contributed by atoms with Crippen LogP contribution in [0, 0.1) is 5.92 Å². The highest BCUT2D eigenvalue weighted by atomic mass is 35.5. The normalized spacial score (nSPS) is 16.0. The highest BCUT2D eigenvalue weighted by Crippen LogP contribution is 2.32. The van der Waals surface area contributed by atoms with Crippen LogP contribution >= 0.6 is 11.6 Å². The van der Waals surface area contributed by atoms with E-state index in [-0.39, 0.29) is 16.3 Å². The molecule has 0 aliphatic heterocycles. The molecule has 4 N–H and O–H groups in total. The van der Waals surface area contributed by atoms with E-state index in [2.05, 4.69) is 0 Å². The molecule has 3 rings (SSSR count). The zero-order valence-electron chi connectivity index (χ0n) is 18.9. The topological polar surface area (TPSA) is 105 Å². The molecule has 1 aliphatic carbocycles. The molecule has 33 heavy (non-hydrogen) atoms. The average Bonchev–Trinajstić information content (AvgIpc) is 2.85. The number of ether oxygens (including phenoxy) is 2. The summed E-state index contributed by atoms with van der Waals surface area (Å²) in [6, 6.07) is 12.6. The van der Waals surface area contributed by atoms with Crippen molar-refractivity contribution in [3.8, 4) is 5.75 Å². The van der Waals surface area contributed by atoms with Gasteiger partial charge in [-0.3, -0.25) is 0 Å². The SMILES string of the molecule is CC/C(N)=C(\C(=O)OCC1CCCCC1)[C@@H](N)c1ccc(OC(=O)c2ccccc2)c(Cl)c1. The van der Waals surface area contributed by atoms with Gasteiger partial charge in [-0.05, 0) is 55.0 Å². The molecular formula is C26H31ClN2O4. The van der Waals surface area contributed by atoms with Gasteiger partial charge in [0.25, 0.3) is 0 Å². The van der Waals surface area contributed by atoms with Crippen LogP contribution in [-0.4, -0.2) is 18.5 Å². The molecule has 1 fully saturated rings. The van der Waals surface area contributed by atoms with Crippen molar-refractivity contribution in [2.24, 2.45) is 17.4 Å². The fraction of sp³-hybridized carbons (Fsp3) is 0.385. The quantitative estimate of drug-likeness (QED) is 0.308. The van der Waals surface area contributed by atoms with Gasteiger partial charge < -0.3 is 20.9 Å². The van der Waals surface area contributed by atoms with Crippen LogP contribution in [0.1, 0.15) is 67.4 Å². The molecule has 176 valence electrons. The van der Waals surface area contributed by atoms with E-state index in [1.807, 2.05) is 13.0 Å². The summed E-state index contributed by atoms with van der Waals surface area (Å²) in [5.41, 5.74) is 14.2. The van der Waals surface area contributed by atoms with Gasteiger partial charge in [0, 0.05) is 5.70 Å².